The first-order valence-corrected chi connectivity index (χ1v) is 8.33. The molecule has 0 amide bonds. The van der Waals surface area contributed by atoms with Gasteiger partial charge in [-0.05, 0) is 43.9 Å². The molecule has 2 atom stereocenters. The number of hydrogen-bond acceptors (Lipinski definition) is 3. The number of para-hydroxylation sites is 1. The molecule has 1 N–H and O–H groups in total. The van der Waals surface area contributed by atoms with Crippen molar-refractivity contribution >= 4 is 10.8 Å². The average Bonchev–Trinajstić information content (AvgIpc) is 3.27. The summed E-state index contributed by atoms with van der Waals surface area (Å²) in [6, 6.07) is 7.98. The Morgan fingerprint density at radius 2 is 2.16 bits per heavy atom. The zero-order valence-corrected chi connectivity index (χ0v) is 12.5. The first kappa shape index (κ1) is 14.5. The molecule has 0 aromatic heterocycles. The van der Waals surface area contributed by atoms with Crippen LogP contribution in [0.1, 0.15) is 26.2 Å². The Balaban J connectivity index is 2.01. The topological polar surface area (TPSA) is 38.3 Å². The van der Waals surface area contributed by atoms with Crippen molar-refractivity contribution in [1.82, 2.24) is 5.32 Å². The molecule has 3 nitrogen and oxygen atoms in total. The lowest BCUT2D eigenvalue weighted by molar-refractivity contribution is 0.403. The summed E-state index contributed by atoms with van der Waals surface area (Å²) in [5.74, 6) is 2.13. The van der Waals surface area contributed by atoms with Gasteiger partial charge in [-0.3, -0.25) is 4.21 Å². The molecule has 0 aliphatic heterocycles. The maximum Gasteiger partial charge on any atom is 0.134 e. The van der Waals surface area contributed by atoms with Crippen LogP contribution in [0.5, 0.6) is 5.75 Å². The largest absolute Gasteiger partial charge is 0.495 e. The van der Waals surface area contributed by atoms with E-state index in [2.05, 4.69) is 12.2 Å². The smallest absolute Gasteiger partial charge is 0.134 e. The maximum atomic E-state index is 12.5. The number of benzene rings is 1. The Bertz CT molecular complexity index is 432. The molecule has 1 aliphatic carbocycles. The number of rotatable bonds is 8. The summed E-state index contributed by atoms with van der Waals surface area (Å²) in [4.78, 5) is 0.814. The monoisotopic (exact) mass is 281 g/mol. The van der Waals surface area contributed by atoms with Gasteiger partial charge in [0.2, 0.25) is 0 Å². The molecular formula is C15H23NO2S. The van der Waals surface area contributed by atoms with Crippen molar-refractivity contribution in [2.45, 2.75) is 37.1 Å². The standard InChI is InChI=1S/C15H23NO2S/c1-3-10-16-13(12-8-9-12)11-19(17)15-7-5-4-6-14(15)18-2/h4-7,12-13,16H,3,8-11H2,1-2H3. The van der Waals surface area contributed by atoms with Gasteiger partial charge in [0.1, 0.15) is 5.75 Å². The van der Waals surface area contributed by atoms with Crippen LogP contribution in [0.4, 0.5) is 0 Å². The first-order chi connectivity index (χ1) is 9.26. The van der Waals surface area contributed by atoms with Crippen LogP contribution in [0.3, 0.4) is 0 Å². The molecule has 1 aliphatic rings. The van der Waals surface area contributed by atoms with Crippen LogP contribution in [0.25, 0.3) is 0 Å². The SMILES string of the molecule is CCCNC(CS(=O)c1ccccc1OC)C1CC1. The Morgan fingerprint density at radius 3 is 2.79 bits per heavy atom. The van der Waals surface area contributed by atoms with Crippen LogP contribution in [0.2, 0.25) is 0 Å². The number of methoxy groups -OCH3 is 1. The highest BCUT2D eigenvalue weighted by Crippen LogP contribution is 2.34. The van der Waals surface area contributed by atoms with Crippen molar-refractivity contribution in [3.63, 3.8) is 0 Å². The Morgan fingerprint density at radius 1 is 1.42 bits per heavy atom. The highest BCUT2D eigenvalue weighted by molar-refractivity contribution is 7.85. The summed E-state index contributed by atoms with van der Waals surface area (Å²) in [6.07, 6.45) is 3.65. The van der Waals surface area contributed by atoms with E-state index in [0.29, 0.717) is 17.7 Å². The highest BCUT2D eigenvalue weighted by Gasteiger charge is 2.32. The van der Waals surface area contributed by atoms with E-state index in [-0.39, 0.29) is 0 Å². The molecule has 2 unspecified atom stereocenters. The van der Waals surface area contributed by atoms with Crippen molar-refractivity contribution in [2.75, 3.05) is 19.4 Å². The zero-order valence-electron chi connectivity index (χ0n) is 11.7. The van der Waals surface area contributed by atoms with E-state index in [1.807, 2.05) is 24.3 Å². The van der Waals surface area contributed by atoms with Gasteiger partial charge in [-0.1, -0.05) is 19.1 Å². The summed E-state index contributed by atoms with van der Waals surface area (Å²) in [7, 11) is 0.632. The molecule has 0 spiro atoms. The van der Waals surface area contributed by atoms with E-state index >= 15 is 0 Å². The molecule has 19 heavy (non-hydrogen) atoms. The van der Waals surface area contributed by atoms with Gasteiger partial charge in [0, 0.05) is 11.8 Å². The van der Waals surface area contributed by atoms with E-state index in [1.54, 1.807) is 7.11 Å². The van der Waals surface area contributed by atoms with Crippen LogP contribution in [0, 0.1) is 5.92 Å². The normalized spacial score (nSPS) is 18.0. The van der Waals surface area contributed by atoms with Gasteiger partial charge in [0.15, 0.2) is 0 Å². The van der Waals surface area contributed by atoms with Gasteiger partial charge in [-0.2, -0.15) is 0 Å². The Labute approximate surface area is 118 Å². The summed E-state index contributed by atoms with van der Waals surface area (Å²) < 4.78 is 17.8. The van der Waals surface area contributed by atoms with Gasteiger partial charge in [-0.15, -0.1) is 0 Å². The third kappa shape index (κ3) is 4.05. The Kier molecular flexibility index (Phi) is 5.40. The fourth-order valence-corrected chi connectivity index (χ4v) is 3.75. The molecule has 1 saturated carbocycles. The van der Waals surface area contributed by atoms with Crippen molar-refractivity contribution in [3.8, 4) is 5.75 Å². The molecular weight excluding hydrogens is 258 g/mol. The van der Waals surface area contributed by atoms with Crippen LogP contribution >= 0.6 is 0 Å². The fraction of sp³-hybridized carbons (Fsp3) is 0.600. The molecule has 0 bridgehead atoms. The minimum absolute atomic E-state index is 0.380. The minimum Gasteiger partial charge on any atom is -0.495 e. The fourth-order valence-electron chi connectivity index (χ4n) is 2.25. The third-order valence-corrected chi connectivity index (χ3v) is 4.98. The number of nitrogens with one attached hydrogen (secondary N) is 1. The molecule has 1 aromatic carbocycles. The van der Waals surface area contributed by atoms with Gasteiger partial charge < -0.3 is 10.1 Å². The van der Waals surface area contributed by atoms with Crippen LogP contribution in [-0.4, -0.2) is 29.7 Å². The predicted molar refractivity (Wildman–Crippen MR) is 79.1 cm³/mol. The first-order valence-electron chi connectivity index (χ1n) is 7.01. The maximum absolute atomic E-state index is 12.5. The lowest BCUT2D eigenvalue weighted by Gasteiger charge is -2.18. The predicted octanol–water partition coefficient (Wildman–Crippen LogP) is 2.58. The second-order valence-corrected chi connectivity index (χ2v) is 6.53. The molecule has 4 heteroatoms. The second-order valence-electron chi connectivity index (χ2n) is 5.06. The van der Waals surface area contributed by atoms with Crippen molar-refractivity contribution in [3.05, 3.63) is 24.3 Å². The van der Waals surface area contributed by atoms with Gasteiger partial charge >= 0.3 is 0 Å². The average molecular weight is 281 g/mol. The molecule has 2 rings (SSSR count). The van der Waals surface area contributed by atoms with Crippen molar-refractivity contribution in [2.24, 2.45) is 5.92 Å². The van der Waals surface area contributed by atoms with E-state index in [4.69, 9.17) is 4.74 Å². The van der Waals surface area contributed by atoms with Crippen molar-refractivity contribution < 1.29 is 8.95 Å². The summed E-state index contributed by atoms with van der Waals surface area (Å²) in [5, 5.41) is 3.54. The molecule has 106 valence electrons. The second kappa shape index (κ2) is 7.06. The number of hydrogen-bond donors (Lipinski definition) is 1. The summed E-state index contributed by atoms with van der Waals surface area (Å²) >= 11 is 0. The lowest BCUT2D eigenvalue weighted by Crippen LogP contribution is -2.36. The number of ether oxygens (including phenoxy) is 1. The van der Waals surface area contributed by atoms with Gasteiger partial charge in [-0.25, -0.2) is 0 Å². The van der Waals surface area contributed by atoms with E-state index in [9.17, 15) is 4.21 Å². The van der Waals surface area contributed by atoms with Crippen LogP contribution in [0.15, 0.2) is 29.2 Å². The van der Waals surface area contributed by atoms with Gasteiger partial charge in [0.25, 0.3) is 0 Å². The minimum atomic E-state index is -0.996. The summed E-state index contributed by atoms with van der Waals surface area (Å²) in [6.45, 7) is 3.17. The summed E-state index contributed by atoms with van der Waals surface area (Å²) in [5.41, 5.74) is 0. The third-order valence-electron chi connectivity index (χ3n) is 3.49. The molecule has 0 heterocycles. The van der Waals surface area contributed by atoms with E-state index in [0.717, 1.165) is 23.6 Å². The van der Waals surface area contributed by atoms with Crippen LogP contribution in [-0.2, 0) is 10.8 Å². The zero-order chi connectivity index (χ0) is 13.7. The molecule has 0 radical (unpaired) electrons. The Hall–Kier alpha value is -0.870. The van der Waals surface area contributed by atoms with Gasteiger partial charge in [0.05, 0.1) is 22.8 Å². The quantitative estimate of drug-likeness (QED) is 0.796. The molecule has 1 fully saturated rings. The van der Waals surface area contributed by atoms with E-state index < -0.39 is 10.8 Å². The highest BCUT2D eigenvalue weighted by atomic mass is 32.2. The van der Waals surface area contributed by atoms with Crippen molar-refractivity contribution in [1.29, 1.82) is 0 Å². The lowest BCUT2D eigenvalue weighted by atomic mass is 10.2. The van der Waals surface area contributed by atoms with Crippen LogP contribution < -0.4 is 10.1 Å². The van der Waals surface area contributed by atoms with E-state index in [1.165, 1.54) is 12.8 Å². The molecule has 1 aromatic rings. The molecule has 0 saturated heterocycles.